The lowest BCUT2D eigenvalue weighted by atomic mass is 10.00. The first-order valence-corrected chi connectivity index (χ1v) is 4.84. The molecule has 0 saturated heterocycles. The monoisotopic (exact) mass is 180 g/mol. The summed E-state index contributed by atoms with van der Waals surface area (Å²) in [6.45, 7) is 0. The van der Waals surface area contributed by atoms with Crippen molar-refractivity contribution in [2.24, 2.45) is 0 Å². The van der Waals surface area contributed by atoms with Crippen molar-refractivity contribution in [3.05, 3.63) is 23.8 Å². The highest BCUT2D eigenvalue weighted by Gasteiger charge is 2.00. The minimum absolute atomic E-state index is 0.309. The fraction of sp³-hybridized carbons (Fsp3) is 0.545. The van der Waals surface area contributed by atoms with E-state index >= 15 is 0 Å². The van der Waals surface area contributed by atoms with E-state index in [1.54, 1.807) is 0 Å². The standard InChI is InChI=1S/C11H16O2/c12-11(13)9-5-4-8-10-6-2-1-3-7-10/h1-2,7H,3-6,8-9H2,(H,12,13). The smallest absolute Gasteiger partial charge is 0.303 e. The third kappa shape index (κ3) is 4.51. The highest BCUT2D eigenvalue weighted by Crippen LogP contribution is 2.17. The lowest BCUT2D eigenvalue weighted by Crippen LogP contribution is -1.94. The Bertz CT molecular complexity index is 226. The normalized spacial score (nSPS) is 15.5. The van der Waals surface area contributed by atoms with Gasteiger partial charge >= 0.3 is 5.97 Å². The SMILES string of the molecule is O=C(O)CCCCC1=CCC=CC1. The van der Waals surface area contributed by atoms with Gasteiger partial charge in [-0.25, -0.2) is 0 Å². The molecule has 0 bridgehead atoms. The van der Waals surface area contributed by atoms with Gasteiger partial charge < -0.3 is 5.11 Å². The van der Waals surface area contributed by atoms with Crippen LogP contribution in [0, 0.1) is 0 Å². The van der Waals surface area contributed by atoms with Crippen molar-refractivity contribution in [3.63, 3.8) is 0 Å². The molecule has 0 saturated carbocycles. The van der Waals surface area contributed by atoms with Crippen LogP contribution in [-0.4, -0.2) is 11.1 Å². The molecule has 0 atom stereocenters. The van der Waals surface area contributed by atoms with Gasteiger partial charge in [0.2, 0.25) is 0 Å². The summed E-state index contributed by atoms with van der Waals surface area (Å²) in [5.41, 5.74) is 1.47. The van der Waals surface area contributed by atoms with Crippen LogP contribution in [0.1, 0.15) is 38.5 Å². The highest BCUT2D eigenvalue weighted by molar-refractivity contribution is 5.66. The largest absolute Gasteiger partial charge is 0.481 e. The quantitative estimate of drug-likeness (QED) is 0.521. The number of carboxylic acids is 1. The van der Waals surface area contributed by atoms with Gasteiger partial charge in [-0.15, -0.1) is 0 Å². The minimum atomic E-state index is -0.683. The van der Waals surface area contributed by atoms with Gasteiger partial charge in [-0.05, 0) is 32.1 Å². The van der Waals surface area contributed by atoms with E-state index in [1.165, 1.54) is 5.57 Å². The number of carboxylic acid groups (broad SMARTS) is 1. The van der Waals surface area contributed by atoms with Crippen molar-refractivity contribution >= 4 is 5.97 Å². The predicted octanol–water partition coefficient (Wildman–Crippen LogP) is 2.91. The van der Waals surface area contributed by atoms with E-state index in [9.17, 15) is 4.79 Å². The van der Waals surface area contributed by atoms with Crippen LogP contribution in [0.4, 0.5) is 0 Å². The van der Waals surface area contributed by atoms with Crippen LogP contribution in [0.5, 0.6) is 0 Å². The Hall–Kier alpha value is -1.05. The second-order valence-electron chi connectivity index (χ2n) is 3.37. The number of rotatable bonds is 5. The third-order valence-corrected chi connectivity index (χ3v) is 2.23. The van der Waals surface area contributed by atoms with Crippen LogP contribution < -0.4 is 0 Å². The summed E-state index contributed by atoms with van der Waals surface area (Å²) in [7, 11) is 0. The molecule has 72 valence electrons. The number of hydrogen-bond donors (Lipinski definition) is 1. The molecule has 0 unspecified atom stereocenters. The summed E-state index contributed by atoms with van der Waals surface area (Å²) in [4.78, 5) is 10.2. The summed E-state index contributed by atoms with van der Waals surface area (Å²) in [5.74, 6) is -0.683. The van der Waals surface area contributed by atoms with E-state index in [0.29, 0.717) is 6.42 Å². The molecule has 0 aromatic heterocycles. The Kier molecular flexibility index (Phi) is 4.30. The molecule has 1 N–H and O–H groups in total. The zero-order chi connectivity index (χ0) is 9.52. The highest BCUT2D eigenvalue weighted by atomic mass is 16.4. The number of hydrogen-bond acceptors (Lipinski definition) is 1. The predicted molar refractivity (Wildman–Crippen MR) is 52.6 cm³/mol. The second kappa shape index (κ2) is 5.57. The van der Waals surface area contributed by atoms with Gasteiger partial charge in [0.15, 0.2) is 0 Å². The molecular formula is C11H16O2. The van der Waals surface area contributed by atoms with E-state index in [1.807, 2.05) is 0 Å². The van der Waals surface area contributed by atoms with Gasteiger partial charge in [0, 0.05) is 6.42 Å². The molecule has 0 aliphatic heterocycles. The summed E-state index contributed by atoms with van der Waals surface area (Å²) >= 11 is 0. The average molecular weight is 180 g/mol. The van der Waals surface area contributed by atoms with Gasteiger partial charge in [-0.2, -0.15) is 0 Å². The number of aliphatic carboxylic acids is 1. The van der Waals surface area contributed by atoms with Crippen molar-refractivity contribution in [1.82, 2.24) is 0 Å². The van der Waals surface area contributed by atoms with Crippen molar-refractivity contribution in [2.75, 3.05) is 0 Å². The van der Waals surface area contributed by atoms with Gasteiger partial charge in [-0.1, -0.05) is 23.8 Å². The molecule has 1 rings (SSSR count). The molecule has 0 amide bonds. The Morgan fingerprint density at radius 3 is 2.85 bits per heavy atom. The maximum absolute atomic E-state index is 10.2. The molecule has 0 radical (unpaired) electrons. The Balaban J connectivity index is 2.05. The Morgan fingerprint density at radius 1 is 1.38 bits per heavy atom. The molecule has 0 aromatic carbocycles. The van der Waals surface area contributed by atoms with Gasteiger partial charge in [-0.3, -0.25) is 4.79 Å². The number of unbranched alkanes of at least 4 members (excludes halogenated alkanes) is 1. The minimum Gasteiger partial charge on any atom is -0.481 e. The van der Waals surface area contributed by atoms with Crippen LogP contribution in [0.25, 0.3) is 0 Å². The Labute approximate surface area is 79.0 Å². The molecule has 0 aromatic rings. The number of carbonyl (C=O) groups is 1. The second-order valence-corrected chi connectivity index (χ2v) is 3.37. The fourth-order valence-corrected chi connectivity index (χ4v) is 1.48. The summed E-state index contributed by atoms with van der Waals surface area (Å²) in [5, 5.41) is 8.42. The molecule has 2 heteroatoms. The van der Waals surface area contributed by atoms with Crippen molar-refractivity contribution in [1.29, 1.82) is 0 Å². The van der Waals surface area contributed by atoms with Crippen LogP contribution >= 0.6 is 0 Å². The molecule has 13 heavy (non-hydrogen) atoms. The molecule has 2 nitrogen and oxygen atoms in total. The first kappa shape index (κ1) is 10.0. The zero-order valence-corrected chi connectivity index (χ0v) is 7.83. The maximum atomic E-state index is 10.2. The van der Waals surface area contributed by atoms with E-state index in [4.69, 9.17) is 5.11 Å². The molecule has 1 aliphatic rings. The maximum Gasteiger partial charge on any atom is 0.303 e. The number of allylic oxidation sites excluding steroid dienone is 4. The van der Waals surface area contributed by atoms with E-state index < -0.39 is 5.97 Å². The fourth-order valence-electron chi connectivity index (χ4n) is 1.48. The van der Waals surface area contributed by atoms with E-state index in [-0.39, 0.29) is 0 Å². The molecule has 0 fully saturated rings. The lowest BCUT2D eigenvalue weighted by Gasteiger charge is -2.07. The Morgan fingerprint density at radius 2 is 2.23 bits per heavy atom. The van der Waals surface area contributed by atoms with Crippen LogP contribution in [-0.2, 0) is 4.79 Å². The van der Waals surface area contributed by atoms with Gasteiger partial charge in [0.25, 0.3) is 0 Å². The molecule has 0 spiro atoms. The van der Waals surface area contributed by atoms with Gasteiger partial charge in [0.05, 0.1) is 0 Å². The summed E-state index contributed by atoms with van der Waals surface area (Å²) in [6.07, 6.45) is 11.9. The van der Waals surface area contributed by atoms with Crippen molar-refractivity contribution in [2.45, 2.75) is 38.5 Å². The average Bonchev–Trinajstić information content (AvgIpc) is 2.14. The molecular weight excluding hydrogens is 164 g/mol. The molecule has 1 aliphatic carbocycles. The summed E-state index contributed by atoms with van der Waals surface area (Å²) < 4.78 is 0. The van der Waals surface area contributed by atoms with Crippen LogP contribution in [0.2, 0.25) is 0 Å². The first-order valence-electron chi connectivity index (χ1n) is 4.84. The van der Waals surface area contributed by atoms with E-state index in [2.05, 4.69) is 18.2 Å². The van der Waals surface area contributed by atoms with Crippen LogP contribution in [0.3, 0.4) is 0 Å². The molecule has 0 heterocycles. The van der Waals surface area contributed by atoms with Crippen molar-refractivity contribution in [3.8, 4) is 0 Å². The van der Waals surface area contributed by atoms with Crippen molar-refractivity contribution < 1.29 is 9.90 Å². The lowest BCUT2D eigenvalue weighted by molar-refractivity contribution is -0.137. The first-order chi connectivity index (χ1) is 6.29. The summed E-state index contributed by atoms with van der Waals surface area (Å²) in [6, 6.07) is 0. The van der Waals surface area contributed by atoms with E-state index in [0.717, 1.165) is 32.1 Å². The van der Waals surface area contributed by atoms with Crippen LogP contribution in [0.15, 0.2) is 23.8 Å². The third-order valence-electron chi connectivity index (χ3n) is 2.23. The topological polar surface area (TPSA) is 37.3 Å². The zero-order valence-electron chi connectivity index (χ0n) is 7.83. The van der Waals surface area contributed by atoms with Gasteiger partial charge in [0.1, 0.15) is 0 Å².